The van der Waals surface area contributed by atoms with Crippen molar-refractivity contribution in [3.8, 4) is 0 Å². The van der Waals surface area contributed by atoms with Crippen molar-refractivity contribution < 1.29 is 28.6 Å². The van der Waals surface area contributed by atoms with E-state index in [9.17, 15) is 14.4 Å². The Kier molecular flexibility index (Phi) is 46.0. The van der Waals surface area contributed by atoms with Gasteiger partial charge in [-0.15, -0.1) is 0 Å². The van der Waals surface area contributed by atoms with Crippen molar-refractivity contribution in [2.75, 3.05) is 13.2 Å². The zero-order valence-corrected chi connectivity index (χ0v) is 39.2. The van der Waals surface area contributed by atoms with Crippen molar-refractivity contribution >= 4 is 17.9 Å². The second-order valence-corrected chi connectivity index (χ2v) is 16.3. The molecular formula is C54H92O6. The van der Waals surface area contributed by atoms with Crippen molar-refractivity contribution in [1.29, 1.82) is 0 Å². The number of esters is 3. The number of carbonyl (C=O) groups is 3. The number of hydrogen-bond donors (Lipinski definition) is 0. The van der Waals surface area contributed by atoms with Crippen LogP contribution in [0.5, 0.6) is 0 Å². The first kappa shape index (κ1) is 56.9. The smallest absolute Gasteiger partial charge is 0.306 e. The van der Waals surface area contributed by atoms with E-state index in [0.29, 0.717) is 19.3 Å². The monoisotopic (exact) mass is 837 g/mol. The van der Waals surface area contributed by atoms with E-state index in [-0.39, 0.29) is 31.1 Å². The molecule has 6 heteroatoms. The molecule has 0 amide bonds. The first-order valence-electron chi connectivity index (χ1n) is 24.9. The Hall–Kier alpha value is -3.15. The molecule has 60 heavy (non-hydrogen) atoms. The van der Waals surface area contributed by atoms with Gasteiger partial charge in [-0.3, -0.25) is 14.4 Å². The Morgan fingerprint density at radius 1 is 0.350 bits per heavy atom. The number of ether oxygens (including phenoxy) is 3. The molecule has 0 spiro atoms. The van der Waals surface area contributed by atoms with Crippen molar-refractivity contribution in [2.24, 2.45) is 0 Å². The van der Waals surface area contributed by atoms with Gasteiger partial charge in [-0.05, 0) is 103 Å². The fourth-order valence-electron chi connectivity index (χ4n) is 6.64. The summed E-state index contributed by atoms with van der Waals surface area (Å²) in [6, 6.07) is 0. The minimum Gasteiger partial charge on any atom is -0.462 e. The molecule has 0 aliphatic heterocycles. The SMILES string of the molecule is CC/C=C\C/C=C\C/C=C\CCCCCCCC(=O)OC[C@@H](COC(=O)CCCCCCC/C=C\CCCCCC)OC(=O)CCCCCCC/C=C\C/C=C\CCCC. The molecule has 0 radical (unpaired) electrons. The van der Waals surface area contributed by atoms with Gasteiger partial charge in [0.05, 0.1) is 0 Å². The molecule has 0 saturated carbocycles. The van der Waals surface area contributed by atoms with Crippen LogP contribution < -0.4 is 0 Å². The summed E-state index contributed by atoms with van der Waals surface area (Å²) in [4.78, 5) is 37.9. The Bertz CT molecular complexity index is 1140. The molecule has 6 nitrogen and oxygen atoms in total. The molecular weight excluding hydrogens is 745 g/mol. The quantitative estimate of drug-likeness (QED) is 0.0263. The summed E-state index contributed by atoms with van der Waals surface area (Å²) >= 11 is 0. The lowest BCUT2D eigenvalue weighted by Gasteiger charge is -2.18. The van der Waals surface area contributed by atoms with Crippen LogP contribution in [0.1, 0.15) is 233 Å². The average molecular weight is 837 g/mol. The lowest BCUT2D eigenvalue weighted by atomic mass is 10.1. The van der Waals surface area contributed by atoms with Gasteiger partial charge in [0.2, 0.25) is 0 Å². The Balaban J connectivity index is 4.45. The minimum absolute atomic E-state index is 0.0915. The first-order chi connectivity index (χ1) is 29.5. The van der Waals surface area contributed by atoms with Gasteiger partial charge in [0, 0.05) is 19.3 Å². The van der Waals surface area contributed by atoms with Gasteiger partial charge in [-0.1, -0.05) is 184 Å². The summed E-state index contributed by atoms with van der Waals surface area (Å²) in [5.41, 5.74) is 0. The number of unbranched alkanes of at least 4 members (excludes halogenated alkanes) is 21. The summed E-state index contributed by atoms with van der Waals surface area (Å²) < 4.78 is 16.7. The Morgan fingerprint density at radius 2 is 0.667 bits per heavy atom. The van der Waals surface area contributed by atoms with E-state index in [1.807, 2.05) is 0 Å². The van der Waals surface area contributed by atoms with E-state index in [1.165, 1.54) is 64.2 Å². The van der Waals surface area contributed by atoms with E-state index in [4.69, 9.17) is 14.2 Å². The van der Waals surface area contributed by atoms with E-state index < -0.39 is 6.10 Å². The van der Waals surface area contributed by atoms with E-state index in [0.717, 1.165) is 128 Å². The third-order valence-corrected chi connectivity index (χ3v) is 10.4. The summed E-state index contributed by atoms with van der Waals surface area (Å²) in [5.74, 6) is -0.932. The molecule has 0 rings (SSSR count). The maximum absolute atomic E-state index is 12.8. The molecule has 0 bridgehead atoms. The first-order valence-corrected chi connectivity index (χ1v) is 24.9. The van der Waals surface area contributed by atoms with Crippen molar-refractivity contribution in [3.63, 3.8) is 0 Å². The van der Waals surface area contributed by atoms with Gasteiger partial charge in [-0.2, -0.15) is 0 Å². The highest BCUT2D eigenvalue weighted by Crippen LogP contribution is 2.13. The minimum atomic E-state index is -0.792. The van der Waals surface area contributed by atoms with Crippen LogP contribution in [0, 0.1) is 0 Å². The third kappa shape index (κ3) is 45.9. The van der Waals surface area contributed by atoms with Gasteiger partial charge >= 0.3 is 17.9 Å². The molecule has 0 heterocycles. The van der Waals surface area contributed by atoms with Crippen molar-refractivity contribution in [1.82, 2.24) is 0 Å². The zero-order chi connectivity index (χ0) is 43.7. The van der Waals surface area contributed by atoms with Gasteiger partial charge in [0.15, 0.2) is 6.10 Å². The topological polar surface area (TPSA) is 78.9 Å². The Labute approximate surface area is 370 Å². The predicted molar refractivity (Wildman–Crippen MR) is 256 cm³/mol. The van der Waals surface area contributed by atoms with Crippen LogP contribution in [0.3, 0.4) is 0 Å². The molecule has 0 N–H and O–H groups in total. The molecule has 0 fully saturated rings. The molecule has 1 atom stereocenters. The predicted octanol–water partition coefficient (Wildman–Crippen LogP) is 16.3. The fraction of sp³-hybridized carbons (Fsp3) is 0.722. The lowest BCUT2D eigenvalue weighted by Crippen LogP contribution is -2.30. The van der Waals surface area contributed by atoms with Crippen molar-refractivity contribution in [3.05, 3.63) is 72.9 Å². The van der Waals surface area contributed by atoms with E-state index >= 15 is 0 Å². The average Bonchev–Trinajstić information content (AvgIpc) is 3.24. The van der Waals surface area contributed by atoms with Gasteiger partial charge < -0.3 is 14.2 Å². The molecule has 344 valence electrons. The van der Waals surface area contributed by atoms with E-state index in [2.05, 4.69) is 93.7 Å². The second kappa shape index (κ2) is 48.5. The van der Waals surface area contributed by atoms with Crippen molar-refractivity contribution in [2.45, 2.75) is 239 Å². The zero-order valence-electron chi connectivity index (χ0n) is 39.2. The third-order valence-electron chi connectivity index (χ3n) is 10.4. The summed E-state index contributed by atoms with van der Waals surface area (Å²) in [6.45, 7) is 6.43. The molecule has 0 saturated heterocycles. The van der Waals surface area contributed by atoms with Gasteiger partial charge in [-0.25, -0.2) is 0 Å². The molecule has 0 unspecified atom stereocenters. The van der Waals surface area contributed by atoms with Crippen LogP contribution in [-0.4, -0.2) is 37.2 Å². The van der Waals surface area contributed by atoms with Gasteiger partial charge in [0.25, 0.3) is 0 Å². The van der Waals surface area contributed by atoms with Crippen LogP contribution >= 0.6 is 0 Å². The van der Waals surface area contributed by atoms with Crippen LogP contribution in [0.4, 0.5) is 0 Å². The van der Waals surface area contributed by atoms with Crippen LogP contribution in [0.15, 0.2) is 72.9 Å². The number of rotatable bonds is 44. The number of carbonyl (C=O) groups excluding carboxylic acids is 3. The maximum Gasteiger partial charge on any atom is 0.306 e. The molecule has 0 aromatic rings. The maximum atomic E-state index is 12.8. The molecule has 0 aromatic heterocycles. The Morgan fingerprint density at radius 3 is 1.08 bits per heavy atom. The highest BCUT2D eigenvalue weighted by atomic mass is 16.6. The highest BCUT2D eigenvalue weighted by molar-refractivity contribution is 5.71. The van der Waals surface area contributed by atoms with Crippen LogP contribution in [-0.2, 0) is 28.6 Å². The normalized spacial score (nSPS) is 12.7. The lowest BCUT2D eigenvalue weighted by molar-refractivity contribution is -0.167. The van der Waals surface area contributed by atoms with Crippen LogP contribution in [0.2, 0.25) is 0 Å². The summed E-state index contributed by atoms with van der Waals surface area (Å²) in [6.07, 6.45) is 60.2. The second-order valence-electron chi connectivity index (χ2n) is 16.3. The number of hydrogen-bond acceptors (Lipinski definition) is 6. The van der Waals surface area contributed by atoms with Crippen LogP contribution in [0.25, 0.3) is 0 Å². The van der Waals surface area contributed by atoms with E-state index in [1.54, 1.807) is 0 Å². The molecule has 0 aliphatic carbocycles. The standard InChI is InChI=1S/C54H92O6/c1-4-7-10-13-16-19-22-25-27-30-32-35-38-41-44-47-53(56)59-50-51(49-58-52(55)46-43-40-37-34-31-28-24-21-18-15-12-9-6-3)60-54(57)48-45-42-39-36-33-29-26-23-20-17-14-11-8-5-2/h7,10,14,16-17,19,21,23-27,51H,4-6,8-9,11-13,15,18,20,22,28-50H2,1-3H3/b10-7-,17-14-,19-16-,24-21-,26-23-,27-25-/t51-/m1/s1. The summed E-state index contributed by atoms with van der Waals surface area (Å²) in [5, 5.41) is 0. The molecule has 0 aromatic carbocycles. The summed E-state index contributed by atoms with van der Waals surface area (Å²) in [7, 11) is 0. The molecule has 0 aliphatic rings. The fourth-order valence-corrected chi connectivity index (χ4v) is 6.64. The largest absolute Gasteiger partial charge is 0.462 e. The van der Waals surface area contributed by atoms with Gasteiger partial charge in [0.1, 0.15) is 13.2 Å². The highest BCUT2D eigenvalue weighted by Gasteiger charge is 2.19. The number of allylic oxidation sites excluding steroid dienone is 12.